The molecule has 0 aliphatic carbocycles. The minimum absolute atomic E-state index is 0.200. The Morgan fingerprint density at radius 2 is 1.50 bits per heavy atom. The van der Waals surface area contributed by atoms with Gasteiger partial charge in [0.25, 0.3) is 0 Å². The number of hydrogen-bond donors (Lipinski definition) is 0. The summed E-state index contributed by atoms with van der Waals surface area (Å²) in [5, 5.41) is 0. The molecule has 2 rings (SSSR count). The van der Waals surface area contributed by atoms with E-state index in [9.17, 15) is 4.39 Å². The molecular weight excluding hydrogens is 175 g/mol. The van der Waals surface area contributed by atoms with Gasteiger partial charge in [-0.25, -0.2) is 4.39 Å². The fourth-order valence-electron chi connectivity index (χ4n) is 1.34. The van der Waals surface area contributed by atoms with Gasteiger partial charge in [-0.15, -0.1) is 0 Å². The van der Waals surface area contributed by atoms with Crippen LogP contribution < -0.4 is 0 Å². The van der Waals surface area contributed by atoms with E-state index in [4.69, 9.17) is 0 Å². The van der Waals surface area contributed by atoms with Crippen molar-refractivity contribution in [1.29, 1.82) is 0 Å². The van der Waals surface area contributed by atoms with E-state index in [1.807, 2.05) is 36.4 Å². The largest absolute Gasteiger partial charge is 0.207 e. The summed E-state index contributed by atoms with van der Waals surface area (Å²) in [5.41, 5.74) is 2.12. The molecule has 0 aliphatic rings. The van der Waals surface area contributed by atoms with Crippen LogP contribution in [-0.4, -0.2) is 0 Å². The maximum absolute atomic E-state index is 12.7. The molecular formula is C13H10F+. The topological polar surface area (TPSA) is 0 Å². The quantitative estimate of drug-likeness (QED) is 0.593. The molecule has 0 heterocycles. The number of rotatable bonds is 1. The van der Waals surface area contributed by atoms with Crippen LogP contribution in [0.4, 0.5) is 4.39 Å². The molecule has 0 atom stereocenters. The molecule has 0 saturated carbocycles. The van der Waals surface area contributed by atoms with Gasteiger partial charge in [0, 0.05) is 42.0 Å². The SMILES string of the molecule is Fc1ccc(-c2ccc[cH+]cc2)cc1. The first-order valence-corrected chi connectivity index (χ1v) is 4.50. The summed E-state index contributed by atoms with van der Waals surface area (Å²) < 4.78 is 12.7. The Kier molecular flexibility index (Phi) is 2.50. The normalized spacial score (nSPS) is 9.79. The molecule has 2 aromatic carbocycles. The standard InChI is InChI=1S/C13H10F/c14-13-9-7-12(8-10-13)11-5-3-1-2-4-6-11/h1-10H/q+1. The van der Waals surface area contributed by atoms with Crippen LogP contribution in [0.3, 0.4) is 0 Å². The highest BCUT2D eigenvalue weighted by Gasteiger charge is 1.98. The van der Waals surface area contributed by atoms with E-state index in [0.29, 0.717) is 0 Å². The van der Waals surface area contributed by atoms with Gasteiger partial charge in [-0.05, 0) is 17.7 Å². The van der Waals surface area contributed by atoms with Gasteiger partial charge in [-0.3, -0.25) is 0 Å². The minimum Gasteiger partial charge on any atom is -0.207 e. The van der Waals surface area contributed by atoms with Crippen molar-refractivity contribution in [1.82, 2.24) is 0 Å². The lowest BCUT2D eigenvalue weighted by Gasteiger charge is -1.94. The second-order valence-electron chi connectivity index (χ2n) is 3.07. The predicted molar refractivity (Wildman–Crippen MR) is 56.2 cm³/mol. The van der Waals surface area contributed by atoms with Crippen LogP contribution in [0.1, 0.15) is 0 Å². The van der Waals surface area contributed by atoms with Crippen molar-refractivity contribution in [3.63, 3.8) is 0 Å². The summed E-state index contributed by atoms with van der Waals surface area (Å²) in [6.45, 7) is 0. The van der Waals surface area contributed by atoms with E-state index in [1.54, 1.807) is 12.1 Å². The molecule has 0 nitrogen and oxygen atoms in total. The fourth-order valence-corrected chi connectivity index (χ4v) is 1.34. The molecule has 0 saturated heterocycles. The molecule has 0 amide bonds. The zero-order chi connectivity index (χ0) is 9.80. The second kappa shape index (κ2) is 3.97. The zero-order valence-corrected chi connectivity index (χ0v) is 7.65. The third kappa shape index (κ3) is 1.94. The summed E-state index contributed by atoms with van der Waals surface area (Å²) in [6.07, 6.45) is 0. The van der Waals surface area contributed by atoms with Crippen LogP contribution in [-0.2, 0) is 0 Å². The van der Waals surface area contributed by atoms with Crippen LogP contribution in [0.25, 0.3) is 11.1 Å². The molecule has 2 aromatic rings. The van der Waals surface area contributed by atoms with Gasteiger partial charge in [0.2, 0.25) is 0 Å². The van der Waals surface area contributed by atoms with Crippen molar-refractivity contribution in [3.05, 3.63) is 66.5 Å². The van der Waals surface area contributed by atoms with Crippen molar-refractivity contribution in [2.24, 2.45) is 0 Å². The molecule has 0 unspecified atom stereocenters. The third-order valence-electron chi connectivity index (χ3n) is 2.06. The first-order chi connectivity index (χ1) is 6.86. The lowest BCUT2D eigenvalue weighted by molar-refractivity contribution is 0.628. The maximum Gasteiger partial charge on any atom is 0.123 e. The van der Waals surface area contributed by atoms with Gasteiger partial charge in [-0.2, -0.15) is 0 Å². The highest BCUT2D eigenvalue weighted by molar-refractivity contribution is 5.62. The highest BCUT2D eigenvalue weighted by Crippen LogP contribution is 2.17. The van der Waals surface area contributed by atoms with E-state index < -0.39 is 0 Å². The summed E-state index contributed by atoms with van der Waals surface area (Å²) in [7, 11) is 0. The third-order valence-corrected chi connectivity index (χ3v) is 2.06. The van der Waals surface area contributed by atoms with E-state index in [-0.39, 0.29) is 5.82 Å². The average Bonchev–Trinajstić information content (AvgIpc) is 2.47. The Morgan fingerprint density at radius 1 is 0.786 bits per heavy atom. The maximum atomic E-state index is 12.7. The molecule has 0 N–H and O–H groups in total. The van der Waals surface area contributed by atoms with Gasteiger partial charge in [-0.1, -0.05) is 12.1 Å². The smallest absolute Gasteiger partial charge is 0.123 e. The minimum atomic E-state index is -0.200. The summed E-state index contributed by atoms with van der Waals surface area (Å²) >= 11 is 0. The molecule has 0 fully saturated rings. The van der Waals surface area contributed by atoms with Crippen molar-refractivity contribution < 1.29 is 4.39 Å². The molecule has 14 heavy (non-hydrogen) atoms. The Labute approximate surface area is 82.7 Å². The van der Waals surface area contributed by atoms with Gasteiger partial charge < -0.3 is 0 Å². The molecule has 0 aromatic heterocycles. The van der Waals surface area contributed by atoms with Gasteiger partial charge in [0.1, 0.15) is 5.82 Å². The summed E-state index contributed by atoms with van der Waals surface area (Å²) in [4.78, 5) is 0. The monoisotopic (exact) mass is 185 g/mol. The molecule has 68 valence electrons. The summed E-state index contributed by atoms with van der Waals surface area (Å²) in [5.74, 6) is -0.200. The predicted octanol–water partition coefficient (Wildman–Crippen LogP) is 3.77. The Bertz CT molecular complexity index is 405. The number of halogens is 1. The fraction of sp³-hybridized carbons (Fsp3) is 0. The highest BCUT2D eigenvalue weighted by atomic mass is 19.1. The first-order valence-electron chi connectivity index (χ1n) is 4.50. The van der Waals surface area contributed by atoms with Crippen molar-refractivity contribution in [2.75, 3.05) is 0 Å². The van der Waals surface area contributed by atoms with Gasteiger partial charge in [0.05, 0.1) is 0 Å². The lowest BCUT2D eigenvalue weighted by Crippen LogP contribution is -1.75. The van der Waals surface area contributed by atoms with Crippen LogP contribution in [0.5, 0.6) is 0 Å². The van der Waals surface area contributed by atoms with Crippen molar-refractivity contribution in [3.8, 4) is 11.1 Å². The Morgan fingerprint density at radius 3 is 2.29 bits per heavy atom. The van der Waals surface area contributed by atoms with Crippen molar-refractivity contribution >= 4 is 0 Å². The molecule has 0 aliphatic heterocycles. The lowest BCUT2D eigenvalue weighted by atomic mass is 10.1. The average molecular weight is 185 g/mol. The van der Waals surface area contributed by atoms with Crippen LogP contribution >= 0.6 is 0 Å². The number of hydrogen-bond acceptors (Lipinski definition) is 0. The van der Waals surface area contributed by atoms with Crippen LogP contribution in [0.15, 0.2) is 60.7 Å². The summed E-state index contributed by atoms with van der Waals surface area (Å²) in [6, 6.07) is 18.4. The van der Waals surface area contributed by atoms with E-state index >= 15 is 0 Å². The Hall–Kier alpha value is -1.76. The first kappa shape index (κ1) is 8.82. The second-order valence-corrected chi connectivity index (χ2v) is 3.07. The van der Waals surface area contributed by atoms with Crippen molar-refractivity contribution in [2.45, 2.75) is 0 Å². The van der Waals surface area contributed by atoms with Crippen LogP contribution in [0.2, 0.25) is 0 Å². The molecule has 0 bridgehead atoms. The van der Waals surface area contributed by atoms with Crippen LogP contribution in [0, 0.1) is 5.82 Å². The molecule has 0 radical (unpaired) electrons. The zero-order valence-electron chi connectivity index (χ0n) is 7.65. The van der Waals surface area contributed by atoms with E-state index in [1.165, 1.54) is 12.1 Å². The number of benzene rings is 1. The van der Waals surface area contributed by atoms with E-state index in [0.717, 1.165) is 11.1 Å². The Balaban J connectivity index is 2.46. The molecule has 0 spiro atoms. The van der Waals surface area contributed by atoms with E-state index in [2.05, 4.69) is 0 Å². The van der Waals surface area contributed by atoms with Gasteiger partial charge >= 0.3 is 0 Å². The van der Waals surface area contributed by atoms with Gasteiger partial charge in [0.15, 0.2) is 0 Å². The molecule has 1 heteroatoms.